The molecule has 0 aromatic carbocycles. The van der Waals surface area contributed by atoms with Crippen molar-refractivity contribution in [3.8, 4) is 0 Å². The molecule has 118 valence electrons. The van der Waals surface area contributed by atoms with E-state index in [0.29, 0.717) is 12.3 Å². The van der Waals surface area contributed by atoms with Crippen molar-refractivity contribution in [3.05, 3.63) is 0 Å². The number of rotatable bonds is 6. The normalized spacial score (nSPS) is 14.6. The Morgan fingerprint density at radius 3 is 2.05 bits per heavy atom. The highest BCUT2D eigenvalue weighted by molar-refractivity contribution is 5.85. The number of amides is 2. The van der Waals surface area contributed by atoms with E-state index in [4.69, 9.17) is 4.74 Å². The number of alkyl carbamates (subject to hydrolysis) is 1. The van der Waals surface area contributed by atoms with E-state index in [9.17, 15) is 9.59 Å². The van der Waals surface area contributed by atoms with Gasteiger partial charge in [-0.15, -0.1) is 0 Å². The lowest BCUT2D eigenvalue weighted by atomic mass is 10.0. The lowest BCUT2D eigenvalue weighted by molar-refractivity contribution is -0.124. The first-order valence-corrected chi connectivity index (χ1v) is 7.35. The maximum absolute atomic E-state index is 12.2. The molecular formula is C15H30N2O3. The van der Waals surface area contributed by atoms with Gasteiger partial charge in [-0.2, -0.15) is 0 Å². The molecule has 20 heavy (non-hydrogen) atoms. The van der Waals surface area contributed by atoms with Crippen LogP contribution in [-0.2, 0) is 9.53 Å². The Labute approximate surface area is 122 Å². The van der Waals surface area contributed by atoms with Crippen molar-refractivity contribution in [2.45, 2.75) is 79.0 Å². The van der Waals surface area contributed by atoms with Crippen molar-refractivity contribution in [1.29, 1.82) is 0 Å². The molecule has 0 saturated heterocycles. The molecule has 0 fully saturated rings. The van der Waals surface area contributed by atoms with Crippen LogP contribution in [0.5, 0.6) is 0 Å². The number of carbonyl (C=O) groups excluding carboxylic acids is 2. The van der Waals surface area contributed by atoms with Gasteiger partial charge in [0.15, 0.2) is 0 Å². The Hall–Kier alpha value is -1.26. The summed E-state index contributed by atoms with van der Waals surface area (Å²) >= 11 is 0. The van der Waals surface area contributed by atoms with Gasteiger partial charge in [0.25, 0.3) is 0 Å². The van der Waals surface area contributed by atoms with Crippen molar-refractivity contribution in [2.75, 3.05) is 0 Å². The van der Waals surface area contributed by atoms with Crippen LogP contribution in [0.15, 0.2) is 0 Å². The lowest BCUT2D eigenvalue weighted by Gasteiger charge is -2.25. The SMILES string of the molecule is CC[C@@H](C)NC(=O)[C@H](CC(C)C)NC(=O)OC(C)(C)C. The van der Waals surface area contributed by atoms with Crippen molar-refractivity contribution in [1.82, 2.24) is 10.6 Å². The van der Waals surface area contributed by atoms with Gasteiger partial charge in [0.05, 0.1) is 0 Å². The molecule has 0 bridgehead atoms. The summed E-state index contributed by atoms with van der Waals surface area (Å²) in [5.41, 5.74) is -0.570. The predicted molar refractivity (Wildman–Crippen MR) is 80.5 cm³/mol. The van der Waals surface area contributed by atoms with E-state index in [1.807, 2.05) is 27.7 Å². The van der Waals surface area contributed by atoms with Crippen LogP contribution >= 0.6 is 0 Å². The van der Waals surface area contributed by atoms with Crippen LogP contribution in [0.25, 0.3) is 0 Å². The molecule has 0 aromatic heterocycles. The summed E-state index contributed by atoms with van der Waals surface area (Å²) in [6.45, 7) is 13.4. The van der Waals surface area contributed by atoms with Crippen LogP contribution in [0, 0.1) is 5.92 Å². The van der Waals surface area contributed by atoms with Gasteiger partial charge < -0.3 is 15.4 Å². The highest BCUT2D eigenvalue weighted by Gasteiger charge is 2.25. The number of hydrogen-bond acceptors (Lipinski definition) is 3. The Morgan fingerprint density at radius 1 is 1.10 bits per heavy atom. The zero-order valence-corrected chi connectivity index (χ0v) is 13.9. The van der Waals surface area contributed by atoms with Gasteiger partial charge in [0, 0.05) is 6.04 Å². The average Bonchev–Trinajstić information content (AvgIpc) is 2.24. The number of ether oxygens (including phenoxy) is 1. The molecule has 0 unspecified atom stereocenters. The molecule has 0 saturated carbocycles. The molecule has 0 aliphatic carbocycles. The standard InChI is InChI=1S/C15H30N2O3/c1-8-11(4)16-13(18)12(9-10(2)3)17-14(19)20-15(5,6)7/h10-12H,8-9H2,1-7H3,(H,16,18)(H,17,19)/t11-,12+/m1/s1. The lowest BCUT2D eigenvalue weighted by Crippen LogP contribution is -2.50. The van der Waals surface area contributed by atoms with Gasteiger partial charge in [0.1, 0.15) is 11.6 Å². The van der Waals surface area contributed by atoms with Crippen molar-refractivity contribution in [3.63, 3.8) is 0 Å². The first-order valence-electron chi connectivity index (χ1n) is 7.35. The predicted octanol–water partition coefficient (Wildman–Crippen LogP) is 2.84. The third-order valence-corrected chi connectivity index (χ3v) is 2.72. The van der Waals surface area contributed by atoms with Gasteiger partial charge in [-0.3, -0.25) is 4.79 Å². The molecule has 0 heterocycles. The summed E-state index contributed by atoms with van der Waals surface area (Å²) in [6, 6.07) is -0.462. The minimum absolute atomic E-state index is 0.0950. The Balaban J connectivity index is 4.63. The minimum atomic E-state index is -0.570. The molecular weight excluding hydrogens is 256 g/mol. The quantitative estimate of drug-likeness (QED) is 0.789. The van der Waals surface area contributed by atoms with Gasteiger partial charge in [-0.25, -0.2) is 4.79 Å². The molecule has 2 atom stereocenters. The summed E-state index contributed by atoms with van der Waals surface area (Å²) in [5, 5.41) is 5.55. The second-order valence-corrected chi connectivity index (χ2v) is 6.65. The fourth-order valence-electron chi connectivity index (χ4n) is 1.60. The van der Waals surface area contributed by atoms with E-state index in [1.165, 1.54) is 0 Å². The molecule has 0 spiro atoms. The highest BCUT2D eigenvalue weighted by Crippen LogP contribution is 2.10. The Kier molecular flexibility index (Phi) is 7.61. The van der Waals surface area contributed by atoms with Gasteiger partial charge in [-0.1, -0.05) is 20.8 Å². The summed E-state index contributed by atoms with van der Waals surface area (Å²) < 4.78 is 5.20. The zero-order valence-electron chi connectivity index (χ0n) is 13.9. The van der Waals surface area contributed by atoms with E-state index in [2.05, 4.69) is 10.6 Å². The van der Waals surface area contributed by atoms with E-state index in [1.54, 1.807) is 20.8 Å². The largest absolute Gasteiger partial charge is 0.444 e. The van der Waals surface area contributed by atoms with E-state index in [0.717, 1.165) is 6.42 Å². The van der Waals surface area contributed by atoms with Crippen molar-refractivity contribution >= 4 is 12.0 Å². The van der Waals surface area contributed by atoms with Crippen LogP contribution in [0.1, 0.15) is 61.3 Å². The van der Waals surface area contributed by atoms with Crippen LogP contribution in [-0.4, -0.2) is 29.7 Å². The molecule has 2 N–H and O–H groups in total. The second kappa shape index (κ2) is 8.12. The molecule has 2 amide bonds. The summed E-state index contributed by atoms with van der Waals surface area (Å²) in [5.74, 6) is 0.150. The smallest absolute Gasteiger partial charge is 0.408 e. The van der Waals surface area contributed by atoms with E-state index >= 15 is 0 Å². The number of hydrogen-bond donors (Lipinski definition) is 2. The monoisotopic (exact) mass is 286 g/mol. The summed E-state index contributed by atoms with van der Waals surface area (Å²) in [7, 11) is 0. The number of nitrogens with one attached hydrogen (secondary N) is 2. The topological polar surface area (TPSA) is 67.4 Å². The van der Waals surface area contributed by atoms with Crippen LogP contribution in [0.4, 0.5) is 4.79 Å². The third-order valence-electron chi connectivity index (χ3n) is 2.72. The minimum Gasteiger partial charge on any atom is -0.444 e. The van der Waals surface area contributed by atoms with Crippen LogP contribution < -0.4 is 10.6 Å². The third kappa shape index (κ3) is 8.77. The maximum atomic E-state index is 12.2. The fourth-order valence-corrected chi connectivity index (χ4v) is 1.60. The molecule has 5 heteroatoms. The molecule has 0 rings (SSSR count). The molecule has 0 radical (unpaired) electrons. The van der Waals surface area contributed by atoms with Crippen LogP contribution in [0.2, 0.25) is 0 Å². The second-order valence-electron chi connectivity index (χ2n) is 6.65. The molecule has 0 aliphatic rings. The highest BCUT2D eigenvalue weighted by atomic mass is 16.6. The van der Waals surface area contributed by atoms with Crippen LogP contribution in [0.3, 0.4) is 0 Å². The number of carbonyl (C=O) groups is 2. The first kappa shape index (κ1) is 18.7. The average molecular weight is 286 g/mol. The summed E-state index contributed by atoms with van der Waals surface area (Å²) in [6.07, 6.45) is 0.885. The maximum Gasteiger partial charge on any atom is 0.408 e. The van der Waals surface area contributed by atoms with E-state index in [-0.39, 0.29) is 11.9 Å². The van der Waals surface area contributed by atoms with Crippen molar-refractivity contribution < 1.29 is 14.3 Å². The van der Waals surface area contributed by atoms with Gasteiger partial charge in [-0.05, 0) is 46.5 Å². The van der Waals surface area contributed by atoms with E-state index < -0.39 is 17.7 Å². The van der Waals surface area contributed by atoms with Gasteiger partial charge >= 0.3 is 6.09 Å². The zero-order chi connectivity index (χ0) is 15.9. The Bertz CT molecular complexity index is 322. The summed E-state index contributed by atoms with van der Waals surface area (Å²) in [4.78, 5) is 24.0. The molecule has 0 aromatic rings. The molecule has 0 aliphatic heterocycles. The first-order chi connectivity index (χ1) is 9.05. The van der Waals surface area contributed by atoms with Crippen molar-refractivity contribution in [2.24, 2.45) is 5.92 Å². The van der Waals surface area contributed by atoms with Gasteiger partial charge in [0.2, 0.25) is 5.91 Å². The Morgan fingerprint density at radius 2 is 1.65 bits per heavy atom. The molecule has 5 nitrogen and oxygen atoms in total. The fraction of sp³-hybridized carbons (Fsp3) is 0.867.